The summed E-state index contributed by atoms with van der Waals surface area (Å²) in [6.45, 7) is 0.736. The SMILES string of the molecule is C.IOCC1CCC(I)O1. The summed E-state index contributed by atoms with van der Waals surface area (Å²) < 4.78 is 10.8. The third-order valence-corrected chi connectivity index (χ3v) is 2.58. The molecule has 0 aromatic rings. The molecule has 4 heteroatoms. The summed E-state index contributed by atoms with van der Waals surface area (Å²) in [5.74, 6) is 0. The molecule has 1 rings (SSSR count). The first-order valence-electron chi connectivity index (χ1n) is 2.86. The molecule has 1 aliphatic heterocycles. The average molecular weight is 370 g/mol. The fourth-order valence-electron chi connectivity index (χ4n) is 0.855. The van der Waals surface area contributed by atoms with Crippen molar-refractivity contribution in [3.8, 4) is 0 Å². The summed E-state index contributed by atoms with van der Waals surface area (Å²) in [6.07, 6.45) is 2.67. The van der Waals surface area contributed by atoms with E-state index < -0.39 is 0 Å². The fourth-order valence-corrected chi connectivity index (χ4v) is 2.03. The Morgan fingerprint density at radius 1 is 1.50 bits per heavy atom. The lowest BCUT2D eigenvalue weighted by atomic mass is 10.2. The van der Waals surface area contributed by atoms with Gasteiger partial charge >= 0.3 is 0 Å². The first-order chi connectivity index (χ1) is 4.33. The Morgan fingerprint density at radius 3 is 2.60 bits per heavy atom. The van der Waals surface area contributed by atoms with E-state index in [1.807, 2.05) is 23.0 Å². The van der Waals surface area contributed by atoms with Crippen LogP contribution in [0.2, 0.25) is 0 Å². The zero-order chi connectivity index (χ0) is 6.69. The summed E-state index contributed by atoms with van der Waals surface area (Å²) in [5, 5.41) is 0. The van der Waals surface area contributed by atoms with Crippen LogP contribution in [-0.4, -0.2) is 16.8 Å². The van der Waals surface area contributed by atoms with Crippen molar-refractivity contribution in [1.82, 2.24) is 0 Å². The van der Waals surface area contributed by atoms with Gasteiger partial charge in [-0.15, -0.1) is 0 Å². The quantitative estimate of drug-likeness (QED) is 0.550. The van der Waals surface area contributed by atoms with Crippen LogP contribution in [0.3, 0.4) is 0 Å². The Morgan fingerprint density at radius 2 is 2.20 bits per heavy atom. The molecular weight excluding hydrogens is 358 g/mol. The summed E-state index contributed by atoms with van der Waals surface area (Å²) in [6, 6.07) is 0. The second-order valence-corrected chi connectivity index (χ2v) is 4.03. The zero-order valence-corrected chi connectivity index (χ0v) is 9.16. The van der Waals surface area contributed by atoms with Crippen LogP contribution < -0.4 is 0 Å². The Labute approximate surface area is 89.9 Å². The number of halogens is 2. The molecule has 0 radical (unpaired) electrons. The second-order valence-electron chi connectivity index (χ2n) is 2.02. The number of rotatable bonds is 2. The molecule has 1 aliphatic rings. The van der Waals surface area contributed by atoms with Crippen molar-refractivity contribution >= 4 is 45.6 Å². The van der Waals surface area contributed by atoms with Gasteiger partial charge in [-0.3, -0.25) is 0 Å². The molecule has 1 fully saturated rings. The summed E-state index contributed by atoms with van der Waals surface area (Å²) in [7, 11) is 0. The van der Waals surface area contributed by atoms with Crippen LogP contribution in [0.4, 0.5) is 0 Å². The Kier molecular flexibility index (Phi) is 6.78. The average Bonchev–Trinajstić information content (AvgIpc) is 2.17. The molecule has 0 bridgehead atoms. The summed E-state index contributed by atoms with van der Waals surface area (Å²) in [4.78, 5) is 0. The van der Waals surface area contributed by atoms with E-state index in [0.717, 1.165) is 13.0 Å². The molecule has 2 nitrogen and oxygen atoms in total. The highest BCUT2D eigenvalue weighted by Crippen LogP contribution is 2.24. The number of ether oxygens (including phenoxy) is 1. The largest absolute Gasteiger partial charge is 0.362 e. The van der Waals surface area contributed by atoms with Gasteiger partial charge in [-0.1, -0.05) is 30.0 Å². The van der Waals surface area contributed by atoms with Gasteiger partial charge in [-0.25, -0.2) is 0 Å². The van der Waals surface area contributed by atoms with E-state index in [1.54, 1.807) is 0 Å². The molecule has 1 heterocycles. The lowest BCUT2D eigenvalue weighted by Gasteiger charge is -2.06. The van der Waals surface area contributed by atoms with Crippen LogP contribution in [0.15, 0.2) is 0 Å². The normalized spacial score (nSPS) is 31.8. The van der Waals surface area contributed by atoms with Gasteiger partial charge in [0.1, 0.15) is 27.1 Å². The Balaban J connectivity index is 0.000000810. The minimum Gasteiger partial charge on any atom is -0.362 e. The van der Waals surface area contributed by atoms with Crippen LogP contribution >= 0.6 is 45.6 Å². The van der Waals surface area contributed by atoms with Crippen LogP contribution in [0.5, 0.6) is 0 Å². The Hall–Kier alpha value is 1.38. The van der Waals surface area contributed by atoms with E-state index in [2.05, 4.69) is 22.6 Å². The van der Waals surface area contributed by atoms with Gasteiger partial charge in [0.25, 0.3) is 0 Å². The van der Waals surface area contributed by atoms with Gasteiger partial charge in [0.15, 0.2) is 0 Å². The maximum Gasteiger partial charge on any atom is 0.109 e. The summed E-state index contributed by atoms with van der Waals surface area (Å²) in [5.41, 5.74) is 0. The molecule has 0 amide bonds. The summed E-state index contributed by atoms with van der Waals surface area (Å²) >= 11 is 4.21. The van der Waals surface area contributed by atoms with Gasteiger partial charge in [0.05, 0.1) is 12.7 Å². The molecule has 0 spiro atoms. The van der Waals surface area contributed by atoms with E-state index in [-0.39, 0.29) is 7.43 Å². The van der Waals surface area contributed by atoms with Crippen LogP contribution in [-0.2, 0) is 7.80 Å². The zero-order valence-electron chi connectivity index (χ0n) is 4.85. The van der Waals surface area contributed by atoms with Crippen molar-refractivity contribution in [2.24, 2.45) is 0 Å². The van der Waals surface area contributed by atoms with Crippen molar-refractivity contribution in [1.29, 1.82) is 0 Å². The first kappa shape index (κ1) is 11.4. The van der Waals surface area contributed by atoms with Crippen LogP contribution in [0.25, 0.3) is 0 Å². The van der Waals surface area contributed by atoms with E-state index in [0.29, 0.717) is 10.2 Å². The van der Waals surface area contributed by atoms with Gasteiger partial charge in [-0.05, 0) is 12.8 Å². The molecule has 0 N–H and O–H groups in total. The maximum atomic E-state index is 5.46. The monoisotopic (exact) mass is 370 g/mol. The van der Waals surface area contributed by atoms with E-state index in [1.165, 1.54) is 6.42 Å². The predicted molar refractivity (Wildman–Crippen MR) is 58.6 cm³/mol. The highest BCUT2D eigenvalue weighted by atomic mass is 127. The molecule has 0 aromatic heterocycles. The van der Waals surface area contributed by atoms with E-state index in [4.69, 9.17) is 7.80 Å². The lowest BCUT2D eigenvalue weighted by Crippen LogP contribution is -2.11. The van der Waals surface area contributed by atoms with Crippen molar-refractivity contribution in [2.45, 2.75) is 30.5 Å². The number of hydrogen-bond donors (Lipinski definition) is 0. The molecule has 10 heavy (non-hydrogen) atoms. The molecule has 1 saturated heterocycles. The minimum absolute atomic E-state index is 0. The van der Waals surface area contributed by atoms with Gasteiger partial charge in [-0.2, -0.15) is 0 Å². The second kappa shape index (κ2) is 5.96. The van der Waals surface area contributed by atoms with Crippen LogP contribution in [0, 0.1) is 0 Å². The standard InChI is InChI=1S/C5H8I2O2.CH4/c6-5-2-1-4(9-5)3-8-7;/h4-5H,1-3H2;1H4. The highest BCUT2D eigenvalue weighted by molar-refractivity contribution is 14.1. The predicted octanol–water partition coefficient (Wildman–Crippen LogP) is 2.93. The first-order valence-corrected chi connectivity index (χ1v) is 4.98. The minimum atomic E-state index is 0. The molecule has 0 aromatic carbocycles. The maximum absolute atomic E-state index is 5.46. The van der Waals surface area contributed by atoms with Crippen LogP contribution in [0.1, 0.15) is 20.3 Å². The van der Waals surface area contributed by atoms with Gasteiger partial charge < -0.3 is 7.80 Å². The number of hydrogen-bond acceptors (Lipinski definition) is 2. The van der Waals surface area contributed by atoms with Crippen molar-refractivity contribution in [2.75, 3.05) is 6.61 Å². The highest BCUT2D eigenvalue weighted by Gasteiger charge is 2.22. The van der Waals surface area contributed by atoms with Gasteiger partial charge in [0.2, 0.25) is 0 Å². The smallest absolute Gasteiger partial charge is 0.109 e. The fraction of sp³-hybridized carbons (Fsp3) is 1.00. The lowest BCUT2D eigenvalue weighted by molar-refractivity contribution is 0.0733. The van der Waals surface area contributed by atoms with E-state index >= 15 is 0 Å². The Bertz CT molecular complexity index is 87.8. The van der Waals surface area contributed by atoms with Crippen molar-refractivity contribution < 1.29 is 7.80 Å². The molecular formula is C6H12I2O2. The topological polar surface area (TPSA) is 18.5 Å². The van der Waals surface area contributed by atoms with Crippen molar-refractivity contribution in [3.05, 3.63) is 0 Å². The molecule has 0 saturated carbocycles. The van der Waals surface area contributed by atoms with Crippen molar-refractivity contribution in [3.63, 3.8) is 0 Å². The molecule has 2 atom stereocenters. The molecule has 0 aliphatic carbocycles. The third-order valence-electron chi connectivity index (χ3n) is 1.30. The molecule has 62 valence electrons. The van der Waals surface area contributed by atoms with Gasteiger partial charge in [0, 0.05) is 0 Å². The molecule has 2 unspecified atom stereocenters. The number of alkyl halides is 1. The third kappa shape index (κ3) is 3.68. The van der Waals surface area contributed by atoms with E-state index in [9.17, 15) is 0 Å².